The van der Waals surface area contributed by atoms with Crippen molar-refractivity contribution in [2.24, 2.45) is 0 Å². The highest BCUT2D eigenvalue weighted by molar-refractivity contribution is 5.39. The van der Waals surface area contributed by atoms with E-state index in [-0.39, 0.29) is 6.61 Å². The van der Waals surface area contributed by atoms with E-state index in [2.05, 4.69) is 4.74 Å². The third-order valence-corrected chi connectivity index (χ3v) is 1.47. The molecule has 60 valence electrons. The van der Waals surface area contributed by atoms with Crippen molar-refractivity contribution in [3.8, 4) is 0 Å². The third kappa shape index (κ3) is 2.60. The Labute approximate surface area is 71.2 Å². The molecule has 0 fully saturated rings. The Balaban J connectivity index is 2.35. The molecule has 0 aliphatic rings. The molecule has 0 bridgehead atoms. The normalized spacial score (nSPS) is 15.1. The molecule has 1 rings (SSSR count). The zero-order valence-electron chi connectivity index (χ0n) is 9.21. The summed E-state index contributed by atoms with van der Waals surface area (Å²) in [6, 6.07) is 7.28. The summed E-state index contributed by atoms with van der Waals surface area (Å²) in [6.07, 6.45) is 0.582. The Hall–Kier alpha value is -1.02. The number of nitrogens with two attached hydrogens (primary N) is 1. The first-order chi connectivity index (χ1) is 6.47. The molecule has 0 spiro atoms. The number of benzene rings is 1. The molecule has 0 radical (unpaired) electrons. The Kier molecular flexibility index (Phi) is 1.73. The highest BCUT2D eigenvalue weighted by Crippen LogP contribution is 2.05. The zero-order chi connectivity index (χ0) is 10.6. The van der Waals surface area contributed by atoms with E-state index in [1.165, 1.54) is 0 Å². The lowest BCUT2D eigenvalue weighted by Crippen LogP contribution is -1.94. The van der Waals surface area contributed by atoms with Gasteiger partial charge in [-0.25, -0.2) is 0 Å². The maximum absolute atomic E-state index is 6.82. The van der Waals surface area contributed by atoms with Crippen molar-refractivity contribution < 1.29 is 8.85 Å². The van der Waals surface area contributed by atoms with Crippen molar-refractivity contribution in [3.63, 3.8) is 0 Å². The SMILES string of the molecule is [2H]C([2H])([2H])OCCc1ccc(N)cc1. The van der Waals surface area contributed by atoms with Crippen LogP contribution in [-0.2, 0) is 11.2 Å². The summed E-state index contributed by atoms with van der Waals surface area (Å²) < 4.78 is 25.1. The zero-order valence-corrected chi connectivity index (χ0v) is 6.21. The molecule has 0 heterocycles. The molecule has 0 amide bonds. The van der Waals surface area contributed by atoms with Crippen LogP contribution in [0.1, 0.15) is 9.68 Å². The minimum atomic E-state index is -2.30. The number of nitrogen functional groups attached to an aromatic ring is 1. The molecule has 2 N–H and O–H groups in total. The van der Waals surface area contributed by atoms with Crippen molar-refractivity contribution in [1.29, 1.82) is 0 Å². The molecule has 11 heavy (non-hydrogen) atoms. The largest absolute Gasteiger partial charge is 0.399 e. The van der Waals surface area contributed by atoms with Gasteiger partial charge in [0.2, 0.25) is 0 Å². The monoisotopic (exact) mass is 154 g/mol. The van der Waals surface area contributed by atoms with Crippen LogP contribution >= 0.6 is 0 Å². The fraction of sp³-hybridized carbons (Fsp3) is 0.333. The summed E-state index contributed by atoms with van der Waals surface area (Å²) in [5.74, 6) is 0. The smallest absolute Gasteiger partial charge is 0.0530 e. The second-order valence-electron chi connectivity index (χ2n) is 2.34. The fourth-order valence-electron chi connectivity index (χ4n) is 0.853. The van der Waals surface area contributed by atoms with Gasteiger partial charge < -0.3 is 10.5 Å². The van der Waals surface area contributed by atoms with Crippen molar-refractivity contribution in [2.45, 2.75) is 6.42 Å². The summed E-state index contributed by atoms with van der Waals surface area (Å²) in [6.45, 7) is 0.195. The van der Waals surface area contributed by atoms with E-state index < -0.39 is 7.04 Å². The maximum Gasteiger partial charge on any atom is 0.0530 e. The van der Waals surface area contributed by atoms with Gasteiger partial charge in [-0.3, -0.25) is 0 Å². The average molecular weight is 154 g/mol. The number of anilines is 1. The first-order valence-electron chi connectivity index (χ1n) is 4.96. The quantitative estimate of drug-likeness (QED) is 0.669. The molecular formula is C9H13NO. The van der Waals surface area contributed by atoms with Crippen LogP contribution in [0.5, 0.6) is 0 Å². The van der Waals surface area contributed by atoms with Gasteiger partial charge in [-0.05, 0) is 24.1 Å². The molecule has 2 heteroatoms. The second kappa shape index (κ2) is 3.98. The number of hydrogen-bond acceptors (Lipinski definition) is 2. The first kappa shape index (κ1) is 4.78. The van der Waals surface area contributed by atoms with E-state index in [1.54, 1.807) is 12.1 Å². The number of hydrogen-bond donors (Lipinski definition) is 1. The van der Waals surface area contributed by atoms with Crippen molar-refractivity contribution >= 4 is 5.69 Å². The summed E-state index contributed by atoms with van der Waals surface area (Å²) >= 11 is 0. The topological polar surface area (TPSA) is 35.2 Å². The Morgan fingerprint density at radius 3 is 2.82 bits per heavy atom. The molecular weight excluding hydrogens is 138 g/mol. The van der Waals surface area contributed by atoms with E-state index >= 15 is 0 Å². The molecule has 2 nitrogen and oxygen atoms in total. The van der Waals surface area contributed by atoms with E-state index in [1.807, 2.05) is 12.1 Å². The van der Waals surface area contributed by atoms with Gasteiger partial charge >= 0.3 is 0 Å². The van der Waals surface area contributed by atoms with Gasteiger partial charge in [0.15, 0.2) is 0 Å². The minimum absolute atomic E-state index is 0.195. The van der Waals surface area contributed by atoms with Gasteiger partial charge in [0.25, 0.3) is 0 Å². The van der Waals surface area contributed by atoms with Crippen LogP contribution in [0.15, 0.2) is 24.3 Å². The third-order valence-electron chi connectivity index (χ3n) is 1.47. The molecule has 0 saturated carbocycles. The van der Waals surface area contributed by atoms with E-state index in [0.29, 0.717) is 12.1 Å². The Morgan fingerprint density at radius 2 is 2.18 bits per heavy atom. The lowest BCUT2D eigenvalue weighted by atomic mass is 10.1. The van der Waals surface area contributed by atoms with Crippen LogP contribution in [-0.4, -0.2) is 13.6 Å². The van der Waals surface area contributed by atoms with Crippen molar-refractivity contribution in [3.05, 3.63) is 29.8 Å². The molecule has 1 aromatic carbocycles. The van der Waals surface area contributed by atoms with Gasteiger partial charge in [0.1, 0.15) is 0 Å². The summed E-state index contributed by atoms with van der Waals surface area (Å²) in [4.78, 5) is 0. The molecule has 0 aromatic heterocycles. The van der Waals surface area contributed by atoms with E-state index in [0.717, 1.165) is 5.56 Å². The van der Waals surface area contributed by atoms with Crippen LogP contribution in [0.25, 0.3) is 0 Å². The minimum Gasteiger partial charge on any atom is -0.399 e. The Bertz CT molecular complexity index is 281. The second-order valence-corrected chi connectivity index (χ2v) is 2.34. The predicted octanol–water partition coefficient (Wildman–Crippen LogP) is 1.46. The fourth-order valence-corrected chi connectivity index (χ4v) is 0.853. The molecule has 0 unspecified atom stereocenters. The standard InChI is InChI=1S/C9H13NO/c1-11-7-6-8-2-4-9(10)5-3-8/h2-5H,6-7,10H2,1H3/i1D3. The lowest BCUT2D eigenvalue weighted by Gasteiger charge is -1.99. The maximum atomic E-state index is 6.82. The van der Waals surface area contributed by atoms with Gasteiger partial charge in [0, 0.05) is 12.7 Å². The average Bonchev–Trinajstić information content (AvgIpc) is 2.06. The highest BCUT2D eigenvalue weighted by Gasteiger charge is 1.90. The van der Waals surface area contributed by atoms with E-state index in [9.17, 15) is 0 Å². The number of rotatable bonds is 3. The molecule has 0 saturated heterocycles. The van der Waals surface area contributed by atoms with Crippen molar-refractivity contribution in [1.82, 2.24) is 0 Å². The van der Waals surface area contributed by atoms with Crippen LogP contribution in [0.4, 0.5) is 5.69 Å². The van der Waals surface area contributed by atoms with Crippen LogP contribution in [0.2, 0.25) is 0 Å². The van der Waals surface area contributed by atoms with Crippen molar-refractivity contribution in [2.75, 3.05) is 19.4 Å². The van der Waals surface area contributed by atoms with Gasteiger partial charge in [0.05, 0.1) is 10.7 Å². The van der Waals surface area contributed by atoms with Gasteiger partial charge in [-0.1, -0.05) is 12.1 Å². The van der Waals surface area contributed by atoms with E-state index in [4.69, 9.17) is 9.85 Å². The predicted molar refractivity (Wildman–Crippen MR) is 46.4 cm³/mol. The Morgan fingerprint density at radius 1 is 1.45 bits per heavy atom. The van der Waals surface area contributed by atoms with Gasteiger partial charge in [-0.2, -0.15) is 0 Å². The molecule has 1 aromatic rings. The lowest BCUT2D eigenvalue weighted by molar-refractivity contribution is 0.202. The molecule has 0 atom stereocenters. The summed E-state index contributed by atoms with van der Waals surface area (Å²) in [5, 5.41) is 0. The van der Waals surface area contributed by atoms with Crippen LogP contribution < -0.4 is 5.73 Å². The number of ether oxygens (including phenoxy) is 1. The van der Waals surface area contributed by atoms with Crippen LogP contribution in [0.3, 0.4) is 0 Å². The first-order valence-corrected chi connectivity index (χ1v) is 3.46. The van der Waals surface area contributed by atoms with Crippen LogP contribution in [0, 0.1) is 0 Å². The molecule has 0 aliphatic heterocycles. The number of methoxy groups -OCH3 is 1. The summed E-state index contributed by atoms with van der Waals surface area (Å²) in [5.41, 5.74) is 7.22. The summed E-state index contributed by atoms with van der Waals surface area (Å²) in [7, 11) is -2.30. The highest BCUT2D eigenvalue weighted by atomic mass is 16.5. The van der Waals surface area contributed by atoms with Gasteiger partial charge in [-0.15, -0.1) is 0 Å². The molecule has 0 aliphatic carbocycles.